The molecular weight excluding hydrogens is 166 g/mol. The average Bonchev–Trinajstić information content (AvgIpc) is 2.71. The minimum Gasteiger partial charge on any atom is -0.321 e. The number of benzene rings is 1. The van der Waals surface area contributed by atoms with Crippen molar-refractivity contribution in [2.45, 2.75) is 12.2 Å². The molecule has 0 saturated carbocycles. The Morgan fingerprint density at radius 3 is 2.31 bits per heavy atom. The molecule has 1 atom stereocenters. The quantitative estimate of drug-likeness (QED) is 0.408. The second-order valence-corrected chi connectivity index (χ2v) is 2.95. The van der Waals surface area contributed by atoms with Gasteiger partial charge in [0.25, 0.3) is 0 Å². The smallest absolute Gasteiger partial charge is 0.105 e. The summed E-state index contributed by atoms with van der Waals surface area (Å²) in [6.45, 7) is 0. The summed E-state index contributed by atoms with van der Waals surface area (Å²) >= 11 is 0. The Labute approximate surface area is 76.6 Å². The molecule has 13 heavy (non-hydrogen) atoms. The summed E-state index contributed by atoms with van der Waals surface area (Å²) in [4.78, 5) is 0. The summed E-state index contributed by atoms with van der Waals surface area (Å²) in [5.74, 6) is 0. The van der Waals surface area contributed by atoms with Gasteiger partial charge in [-0.15, -0.1) is 0 Å². The fourth-order valence-electron chi connectivity index (χ4n) is 1.31. The highest BCUT2D eigenvalue weighted by Crippen LogP contribution is 2.11. The maximum Gasteiger partial charge on any atom is 0.105 e. The topological polar surface area (TPSA) is 74.1 Å². The lowest BCUT2D eigenvalue weighted by molar-refractivity contribution is 0.440. The number of hydrazine groups is 3. The second-order valence-electron chi connectivity index (χ2n) is 2.95. The van der Waals surface area contributed by atoms with Gasteiger partial charge in [-0.3, -0.25) is 0 Å². The SMILES string of the molecule is N[C@@H](c1ccccc1)C1NNNN1. The van der Waals surface area contributed by atoms with Crippen molar-refractivity contribution < 1.29 is 0 Å². The van der Waals surface area contributed by atoms with Gasteiger partial charge in [0.2, 0.25) is 0 Å². The lowest BCUT2D eigenvalue weighted by Crippen LogP contribution is -2.43. The van der Waals surface area contributed by atoms with Gasteiger partial charge in [0.1, 0.15) is 6.17 Å². The van der Waals surface area contributed by atoms with E-state index in [1.807, 2.05) is 30.3 Å². The molecule has 2 rings (SSSR count). The number of nitrogens with one attached hydrogen (secondary N) is 4. The number of rotatable bonds is 2. The van der Waals surface area contributed by atoms with Crippen molar-refractivity contribution in [3.63, 3.8) is 0 Å². The highest BCUT2D eigenvalue weighted by atomic mass is 15.8. The molecule has 1 fully saturated rings. The van der Waals surface area contributed by atoms with Gasteiger partial charge in [0, 0.05) is 0 Å². The molecule has 5 nitrogen and oxygen atoms in total. The second kappa shape index (κ2) is 3.82. The Morgan fingerprint density at radius 2 is 1.69 bits per heavy atom. The average molecular weight is 179 g/mol. The molecule has 0 radical (unpaired) electrons. The Hall–Kier alpha value is -0.980. The van der Waals surface area contributed by atoms with Gasteiger partial charge >= 0.3 is 0 Å². The van der Waals surface area contributed by atoms with E-state index in [1.54, 1.807) is 0 Å². The van der Waals surface area contributed by atoms with E-state index in [1.165, 1.54) is 0 Å². The summed E-state index contributed by atoms with van der Waals surface area (Å²) in [6.07, 6.45) is 0.00222. The van der Waals surface area contributed by atoms with Crippen LogP contribution in [-0.2, 0) is 0 Å². The maximum absolute atomic E-state index is 6.00. The minimum atomic E-state index is -0.0799. The molecule has 70 valence electrons. The fourth-order valence-corrected chi connectivity index (χ4v) is 1.31. The van der Waals surface area contributed by atoms with Crippen LogP contribution >= 0.6 is 0 Å². The molecule has 0 unspecified atom stereocenters. The molecule has 5 heteroatoms. The maximum atomic E-state index is 6.00. The first-order valence-corrected chi connectivity index (χ1v) is 4.19. The summed E-state index contributed by atoms with van der Waals surface area (Å²) in [7, 11) is 0. The van der Waals surface area contributed by atoms with E-state index < -0.39 is 0 Å². The van der Waals surface area contributed by atoms with Crippen LogP contribution in [0.2, 0.25) is 0 Å². The molecule has 0 aliphatic carbocycles. The van der Waals surface area contributed by atoms with Crippen molar-refractivity contribution in [2.24, 2.45) is 5.73 Å². The lowest BCUT2D eigenvalue weighted by Gasteiger charge is -2.17. The number of hydrogen-bond donors (Lipinski definition) is 5. The van der Waals surface area contributed by atoms with Crippen LogP contribution in [0.25, 0.3) is 0 Å². The van der Waals surface area contributed by atoms with Gasteiger partial charge in [-0.25, -0.2) is 10.9 Å². The van der Waals surface area contributed by atoms with Crippen LogP contribution in [0.5, 0.6) is 0 Å². The largest absolute Gasteiger partial charge is 0.321 e. The van der Waals surface area contributed by atoms with E-state index in [-0.39, 0.29) is 12.2 Å². The van der Waals surface area contributed by atoms with Crippen LogP contribution in [0.4, 0.5) is 0 Å². The Morgan fingerprint density at radius 1 is 1.08 bits per heavy atom. The third-order valence-electron chi connectivity index (χ3n) is 2.06. The van der Waals surface area contributed by atoms with Gasteiger partial charge in [-0.05, 0) is 5.56 Å². The molecule has 0 aromatic heterocycles. The molecule has 1 aliphatic heterocycles. The zero-order valence-electron chi connectivity index (χ0n) is 7.12. The highest BCUT2D eigenvalue weighted by Gasteiger charge is 2.21. The first kappa shape index (κ1) is 8.61. The van der Waals surface area contributed by atoms with E-state index >= 15 is 0 Å². The van der Waals surface area contributed by atoms with Crippen LogP contribution in [0.15, 0.2) is 30.3 Å². The van der Waals surface area contributed by atoms with Crippen molar-refractivity contribution >= 4 is 0 Å². The molecule has 0 amide bonds. The minimum absolute atomic E-state index is 0.00222. The highest BCUT2D eigenvalue weighted by molar-refractivity contribution is 5.19. The van der Waals surface area contributed by atoms with Crippen LogP contribution in [0.1, 0.15) is 11.6 Å². The fraction of sp³-hybridized carbons (Fsp3) is 0.250. The van der Waals surface area contributed by atoms with Crippen LogP contribution in [0.3, 0.4) is 0 Å². The standard InChI is InChI=1S/C8H13N5/c9-7(8-10-12-13-11-8)6-4-2-1-3-5-6/h1-5,7-8,10-13H,9H2/t7-/m0/s1. The van der Waals surface area contributed by atoms with Crippen molar-refractivity contribution in [3.05, 3.63) is 35.9 Å². The normalized spacial score (nSPS) is 20.4. The zero-order chi connectivity index (χ0) is 9.10. The monoisotopic (exact) mass is 179 g/mol. The lowest BCUT2D eigenvalue weighted by atomic mass is 10.1. The van der Waals surface area contributed by atoms with Crippen molar-refractivity contribution in [3.8, 4) is 0 Å². The molecule has 1 heterocycles. The molecule has 0 spiro atoms. The van der Waals surface area contributed by atoms with Crippen molar-refractivity contribution in [1.82, 2.24) is 21.9 Å². The molecule has 0 bridgehead atoms. The molecule has 1 aromatic rings. The predicted molar refractivity (Wildman–Crippen MR) is 49.7 cm³/mol. The van der Waals surface area contributed by atoms with E-state index in [0.29, 0.717) is 0 Å². The Kier molecular flexibility index (Phi) is 2.53. The van der Waals surface area contributed by atoms with E-state index in [0.717, 1.165) is 5.56 Å². The zero-order valence-corrected chi connectivity index (χ0v) is 7.12. The van der Waals surface area contributed by atoms with E-state index in [4.69, 9.17) is 5.73 Å². The van der Waals surface area contributed by atoms with Crippen LogP contribution < -0.4 is 27.7 Å². The molecule has 1 aromatic carbocycles. The summed E-state index contributed by atoms with van der Waals surface area (Å²) in [5, 5.41) is 0. The Balaban J connectivity index is 2.08. The first-order valence-electron chi connectivity index (χ1n) is 4.19. The third kappa shape index (κ3) is 1.85. The molecule has 1 saturated heterocycles. The predicted octanol–water partition coefficient (Wildman–Crippen LogP) is -0.870. The summed E-state index contributed by atoms with van der Waals surface area (Å²) < 4.78 is 0. The third-order valence-corrected chi connectivity index (χ3v) is 2.06. The number of hydrogen-bond acceptors (Lipinski definition) is 5. The van der Waals surface area contributed by atoms with Gasteiger partial charge < -0.3 is 5.73 Å². The van der Waals surface area contributed by atoms with E-state index in [2.05, 4.69) is 21.9 Å². The molecule has 6 N–H and O–H groups in total. The van der Waals surface area contributed by atoms with Crippen LogP contribution in [-0.4, -0.2) is 6.17 Å². The van der Waals surface area contributed by atoms with Crippen LogP contribution in [0, 0.1) is 0 Å². The number of nitrogens with two attached hydrogens (primary N) is 1. The molecular formula is C8H13N5. The summed E-state index contributed by atoms with van der Waals surface area (Å²) in [5.41, 5.74) is 18.5. The van der Waals surface area contributed by atoms with Gasteiger partial charge in [-0.1, -0.05) is 30.3 Å². The summed E-state index contributed by atoms with van der Waals surface area (Å²) in [6, 6.07) is 9.86. The van der Waals surface area contributed by atoms with Crippen molar-refractivity contribution in [1.29, 1.82) is 0 Å². The van der Waals surface area contributed by atoms with Crippen molar-refractivity contribution in [2.75, 3.05) is 0 Å². The van der Waals surface area contributed by atoms with Gasteiger partial charge in [0.15, 0.2) is 0 Å². The first-order chi connectivity index (χ1) is 6.38. The van der Waals surface area contributed by atoms with Gasteiger partial charge in [-0.2, -0.15) is 11.1 Å². The van der Waals surface area contributed by atoms with Gasteiger partial charge in [0.05, 0.1) is 6.04 Å². The molecule has 1 aliphatic rings. The van der Waals surface area contributed by atoms with E-state index in [9.17, 15) is 0 Å². The Bertz CT molecular complexity index is 256.